The summed E-state index contributed by atoms with van der Waals surface area (Å²) in [6.07, 6.45) is -3.30. The fourth-order valence-corrected chi connectivity index (χ4v) is 3.58. The molecule has 2 saturated heterocycles. The van der Waals surface area contributed by atoms with Crippen LogP contribution in [0.25, 0.3) is 0 Å². The van der Waals surface area contributed by atoms with E-state index in [9.17, 15) is 18.0 Å². The van der Waals surface area contributed by atoms with E-state index in [0.29, 0.717) is 19.1 Å². The number of hydrogen-bond acceptors (Lipinski definition) is 5. The Labute approximate surface area is 168 Å². The van der Waals surface area contributed by atoms with Crippen LogP contribution in [0, 0.1) is 0 Å². The predicted molar refractivity (Wildman–Crippen MR) is 103 cm³/mol. The van der Waals surface area contributed by atoms with Crippen molar-refractivity contribution in [1.29, 1.82) is 0 Å². The van der Waals surface area contributed by atoms with Gasteiger partial charge in [-0.15, -0.1) is 0 Å². The number of aromatic nitrogens is 1. The molecule has 29 heavy (non-hydrogen) atoms. The second kappa shape index (κ2) is 9.27. The summed E-state index contributed by atoms with van der Waals surface area (Å²) in [6, 6.07) is 2.25. The molecule has 10 heteroatoms. The van der Waals surface area contributed by atoms with Crippen LogP contribution in [0.1, 0.15) is 19.5 Å². The standard InChI is InChI=1S/C19H28F3N5O2/c1-14(2)27-9-10-29-16(13-27)12-25-5-7-26(8-6-25)18(28)24-15-3-4-17(23-11-15)19(20,21)22/h3-4,11,14,16H,5-10,12-13H2,1-2H3,(H,24,28)/t16-/m0/s1. The first-order valence-corrected chi connectivity index (χ1v) is 9.89. The minimum Gasteiger partial charge on any atom is -0.374 e. The molecule has 1 atom stereocenters. The number of carbonyl (C=O) groups is 1. The maximum absolute atomic E-state index is 12.6. The van der Waals surface area contributed by atoms with E-state index >= 15 is 0 Å². The molecule has 0 spiro atoms. The van der Waals surface area contributed by atoms with Crippen molar-refractivity contribution in [3.63, 3.8) is 0 Å². The lowest BCUT2D eigenvalue weighted by atomic mass is 10.2. The number of urea groups is 1. The van der Waals surface area contributed by atoms with Gasteiger partial charge in [0.2, 0.25) is 0 Å². The number of carbonyl (C=O) groups excluding carboxylic acids is 1. The average molecular weight is 415 g/mol. The second-order valence-corrected chi connectivity index (χ2v) is 7.73. The molecule has 1 N–H and O–H groups in total. The van der Waals surface area contributed by atoms with E-state index < -0.39 is 11.9 Å². The maximum atomic E-state index is 12.6. The highest BCUT2D eigenvalue weighted by Gasteiger charge is 2.32. The van der Waals surface area contributed by atoms with Crippen LogP contribution < -0.4 is 5.32 Å². The fourth-order valence-electron chi connectivity index (χ4n) is 3.58. The van der Waals surface area contributed by atoms with E-state index in [1.165, 1.54) is 6.07 Å². The smallest absolute Gasteiger partial charge is 0.374 e. The van der Waals surface area contributed by atoms with E-state index in [0.717, 1.165) is 51.6 Å². The Morgan fingerprint density at radius 2 is 1.97 bits per heavy atom. The second-order valence-electron chi connectivity index (χ2n) is 7.73. The topological polar surface area (TPSA) is 60.9 Å². The van der Waals surface area contributed by atoms with Crippen LogP contribution in [0.4, 0.5) is 23.7 Å². The zero-order valence-corrected chi connectivity index (χ0v) is 16.8. The Bertz CT molecular complexity index is 675. The van der Waals surface area contributed by atoms with Gasteiger partial charge in [-0.1, -0.05) is 0 Å². The molecule has 0 unspecified atom stereocenters. The molecule has 2 aliphatic heterocycles. The summed E-state index contributed by atoms with van der Waals surface area (Å²) in [6.45, 7) is 10.4. The summed E-state index contributed by atoms with van der Waals surface area (Å²) in [5, 5.41) is 2.61. The average Bonchev–Trinajstić information content (AvgIpc) is 2.68. The first-order valence-electron chi connectivity index (χ1n) is 9.89. The van der Waals surface area contributed by atoms with Gasteiger partial charge in [0.15, 0.2) is 0 Å². The molecule has 3 heterocycles. The van der Waals surface area contributed by atoms with Crippen molar-refractivity contribution in [2.45, 2.75) is 32.2 Å². The van der Waals surface area contributed by atoms with E-state index in [4.69, 9.17) is 4.74 Å². The van der Waals surface area contributed by atoms with Crippen LogP contribution in [0.2, 0.25) is 0 Å². The highest BCUT2D eigenvalue weighted by Crippen LogP contribution is 2.27. The number of amides is 2. The SMILES string of the molecule is CC(C)N1CCO[C@@H](CN2CCN(C(=O)Nc3ccc(C(F)(F)F)nc3)CC2)C1. The van der Waals surface area contributed by atoms with Gasteiger partial charge in [-0.25, -0.2) is 9.78 Å². The van der Waals surface area contributed by atoms with Crippen LogP contribution in [-0.4, -0.2) is 90.3 Å². The molecule has 1 aromatic heterocycles. The number of pyridine rings is 1. The van der Waals surface area contributed by atoms with Gasteiger partial charge >= 0.3 is 12.2 Å². The Balaban J connectivity index is 1.43. The van der Waals surface area contributed by atoms with Gasteiger partial charge in [-0.2, -0.15) is 13.2 Å². The van der Waals surface area contributed by atoms with Crippen LogP contribution in [0.5, 0.6) is 0 Å². The van der Waals surface area contributed by atoms with Gasteiger partial charge in [-0.05, 0) is 26.0 Å². The lowest BCUT2D eigenvalue weighted by Gasteiger charge is -2.40. The molecule has 7 nitrogen and oxygen atoms in total. The summed E-state index contributed by atoms with van der Waals surface area (Å²) in [5.74, 6) is 0. The van der Waals surface area contributed by atoms with Gasteiger partial charge in [0, 0.05) is 51.9 Å². The molecule has 3 rings (SSSR count). The summed E-state index contributed by atoms with van der Waals surface area (Å²) in [4.78, 5) is 22.1. The van der Waals surface area contributed by atoms with Gasteiger partial charge in [0.25, 0.3) is 0 Å². The van der Waals surface area contributed by atoms with Crippen molar-refractivity contribution >= 4 is 11.7 Å². The van der Waals surface area contributed by atoms with E-state index in [1.54, 1.807) is 4.90 Å². The van der Waals surface area contributed by atoms with Crippen LogP contribution >= 0.6 is 0 Å². The number of ether oxygens (including phenoxy) is 1. The third kappa shape index (κ3) is 6.03. The Hall–Kier alpha value is -1.91. The molecule has 1 aromatic rings. The molecule has 2 amide bonds. The van der Waals surface area contributed by atoms with Gasteiger partial charge in [0.1, 0.15) is 5.69 Å². The molecule has 0 aliphatic carbocycles. The number of alkyl halides is 3. The Morgan fingerprint density at radius 1 is 1.24 bits per heavy atom. The van der Waals surface area contributed by atoms with Crippen molar-refractivity contribution in [2.24, 2.45) is 0 Å². The summed E-state index contributed by atoms with van der Waals surface area (Å²) < 4.78 is 43.6. The largest absolute Gasteiger partial charge is 0.433 e. The fraction of sp³-hybridized carbons (Fsp3) is 0.684. The third-order valence-corrected chi connectivity index (χ3v) is 5.33. The molecule has 2 fully saturated rings. The number of halogens is 3. The van der Waals surface area contributed by atoms with Crippen LogP contribution in [0.3, 0.4) is 0 Å². The van der Waals surface area contributed by atoms with Gasteiger partial charge in [0.05, 0.1) is 24.6 Å². The molecule has 0 radical (unpaired) electrons. The molecule has 0 saturated carbocycles. The van der Waals surface area contributed by atoms with Crippen molar-refractivity contribution in [3.8, 4) is 0 Å². The maximum Gasteiger partial charge on any atom is 0.433 e. The summed E-state index contributed by atoms with van der Waals surface area (Å²) in [5.41, 5.74) is -0.736. The van der Waals surface area contributed by atoms with E-state index in [-0.39, 0.29) is 17.8 Å². The predicted octanol–water partition coefficient (Wildman–Crippen LogP) is 2.36. The number of rotatable bonds is 4. The number of piperazine rings is 1. The van der Waals surface area contributed by atoms with Crippen molar-refractivity contribution in [1.82, 2.24) is 19.7 Å². The third-order valence-electron chi connectivity index (χ3n) is 5.33. The molecule has 162 valence electrons. The number of hydrogen-bond donors (Lipinski definition) is 1. The lowest BCUT2D eigenvalue weighted by Crippen LogP contribution is -2.54. The first kappa shape index (κ1) is 21.8. The molecular formula is C19H28F3N5O2. The first-order chi connectivity index (χ1) is 13.7. The summed E-state index contributed by atoms with van der Waals surface area (Å²) >= 11 is 0. The summed E-state index contributed by atoms with van der Waals surface area (Å²) in [7, 11) is 0. The van der Waals surface area contributed by atoms with E-state index in [1.807, 2.05) is 0 Å². The quantitative estimate of drug-likeness (QED) is 0.818. The normalized spacial score (nSPS) is 22.1. The highest BCUT2D eigenvalue weighted by atomic mass is 19.4. The zero-order chi connectivity index (χ0) is 21.0. The molecule has 2 aliphatic rings. The van der Waals surface area contributed by atoms with E-state index in [2.05, 4.69) is 33.9 Å². The Kier molecular flexibility index (Phi) is 6.97. The van der Waals surface area contributed by atoms with Crippen molar-refractivity contribution in [2.75, 3.05) is 57.7 Å². The minimum absolute atomic E-state index is 0.171. The van der Waals surface area contributed by atoms with Crippen molar-refractivity contribution in [3.05, 3.63) is 24.0 Å². The zero-order valence-electron chi connectivity index (χ0n) is 16.8. The number of morpholine rings is 1. The van der Waals surface area contributed by atoms with Crippen molar-refractivity contribution < 1.29 is 22.7 Å². The number of nitrogens with one attached hydrogen (secondary N) is 1. The molecule has 0 bridgehead atoms. The van der Waals surface area contributed by atoms with Gasteiger partial charge < -0.3 is 15.0 Å². The van der Waals surface area contributed by atoms with Gasteiger partial charge in [-0.3, -0.25) is 9.80 Å². The highest BCUT2D eigenvalue weighted by molar-refractivity contribution is 5.89. The molecule has 0 aromatic carbocycles. The van der Waals surface area contributed by atoms with Crippen LogP contribution in [0.15, 0.2) is 18.3 Å². The number of anilines is 1. The van der Waals surface area contributed by atoms with Crippen LogP contribution in [-0.2, 0) is 10.9 Å². The lowest BCUT2D eigenvalue weighted by molar-refractivity contribution is -0.141. The monoisotopic (exact) mass is 415 g/mol. The molecular weight excluding hydrogens is 387 g/mol. The number of nitrogens with zero attached hydrogens (tertiary/aromatic N) is 4. The minimum atomic E-state index is -4.49. The Morgan fingerprint density at radius 3 is 2.55 bits per heavy atom.